The number of halogens is 3. The molecule has 5 rings (SSSR count). The molecule has 0 N–H and O–H groups in total. The van der Waals surface area contributed by atoms with Gasteiger partial charge in [0.2, 0.25) is 0 Å². The van der Waals surface area contributed by atoms with Crippen LogP contribution in [-0.4, -0.2) is 34.5 Å². The fourth-order valence-corrected chi connectivity index (χ4v) is 4.13. The van der Waals surface area contributed by atoms with E-state index in [1.165, 1.54) is 12.3 Å². The van der Waals surface area contributed by atoms with Crippen molar-refractivity contribution in [2.75, 3.05) is 13.8 Å². The van der Waals surface area contributed by atoms with Gasteiger partial charge in [-0.05, 0) is 58.7 Å². The Kier molecular flexibility index (Phi) is 5.94. The summed E-state index contributed by atoms with van der Waals surface area (Å²) in [6.45, 7) is 0.744. The van der Waals surface area contributed by atoms with E-state index in [0.717, 1.165) is 39.9 Å². The molecule has 9 heteroatoms. The maximum absolute atomic E-state index is 12.9. The molecule has 0 unspecified atom stereocenters. The smallest absolute Gasteiger partial charge is 0.433 e. The van der Waals surface area contributed by atoms with Crippen molar-refractivity contribution in [2.45, 2.75) is 12.7 Å². The molecule has 2 aliphatic rings. The molecule has 2 aromatic carbocycles. The highest BCUT2D eigenvalue weighted by Crippen LogP contribution is 2.36. The molecule has 0 spiro atoms. The maximum atomic E-state index is 12.9. The van der Waals surface area contributed by atoms with Crippen LogP contribution in [0.4, 0.5) is 13.2 Å². The number of nitriles is 1. The molecule has 3 heterocycles. The Hall–Kier alpha value is -4.58. The first kappa shape index (κ1) is 23.2. The summed E-state index contributed by atoms with van der Waals surface area (Å²) in [5.74, 6) is 1.45. The lowest BCUT2D eigenvalue weighted by Crippen LogP contribution is -2.28. The van der Waals surface area contributed by atoms with E-state index < -0.39 is 11.9 Å². The fourth-order valence-electron chi connectivity index (χ4n) is 4.13. The number of pyridine rings is 1. The molecule has 0 saturated carbocycles. The van der Waals surface area contributed by atoms with E-state index in [9.17, 15) is 13.2 Å². The number of benzene rings is 2. The van der Waals surface area contributed by atoms with Gasteiger partial charge in [0.25, 0.3) is 0 Å². The van der Waals surface area contributed by atoms with Crippen LogP contribution in [0.15, 0.2) is 84.2 Å². The third-order valence-corrected chi connectivity index (χ3v) is 5.92. The standard InChI is InChI=1S/C27H20F3N5O/c1-36-22-9-7-21(8-10-22)25-23(20-5-2-18(14-31)3-6-20)12-13-34-17-35(33-26(25)34)16-19-4-11-24(32-15-19)27(28,29)30/h2-13,15H,16-17H2,1H3. The monoisotopic (exact) mass is 487 g/mol. The van der Waals surface area contributed by atoms with Crippen molar-refractivity contribution < 1.29 is 17.9 Å². The molecule has 0 atom stereocenters. The van der Waals surface area contributed by atoms with Crippen LogP contribution in [0.5, 0.6) is 5.75 Å². The van der Waals surface area contributed by atoms with Crippen molar-refractivity contribution in [3.8, 4) is 11.8 Å². The van der Waals surface area contributed by atoms with Crippen molar-refractivity contribution in [1.82, 2.24) is 14.9 Å². The van der Waals surface area contributed by atoms with Gasteiger partial charge in [0.1, 0.15) is 18.1 Å². The topological polar surface area (TPSA) is 64.8 Å². The van der Waals surface area contributed by atoms with E-state index in [2.05, 4.69) is 11.1 Å². The molecule has 180 valence electrons. The van der Waals surface area contributed by atoms with E-state index >= 15 is 0 Å². The molecule has 0 radical (unpaired) electrons. The van der Waals surface area contributed by atoms with Crippen LogP contribution < -0.4 is 4.74 Å². The molecule has 0 aliphatic carbocycles. The number of fused-ring (bicyclic) bond motifs is 1. The van der Waals surface area contributed by atoms with Crippen LogP contribution in [0, 0.1) is 11.3 Å². The van der Waals surface area contributed by atoms with Crippen molar-refractivity contribution in [2.24, 2.45) is 5.10 Å². The zero-order valence-corrected chi connectivity index (χ0v) is 19.2. The quantitative estimate of drug-likeness (QED) is 0.475. The summed E-state index contributed by atoms with van der Waals surface area (Å²) in [5.41, 5.74) is 3.98. The molecule has 3 aromatic rings. The number of nitrogens with zero attached hydrogens (tertiary/aromatic N) is 5. The summed E-state index contributed by atoms with van der Waals surface area (Å²) in [4.78, 5) is 5.55. The van der Waals surface area contributed by atoms with Gasteiger partial charge in [0.15, 0.2) is 5.84 Å². The molecule has 36 heavy (non-hydrogen) atoms. The molecular formula is C27H20F3N5O. The normalized spacial score (nSPS) is 15.0. The predicted molar refractivity (Wildman–Crippen MR) is 129 cm³/mol. The number of aromatic nitrogens is 1. The lowest BCUT2D eigenvalue weighted by atomic mass is 9.91. The molecule has 0 saturated heterocycles. The number of amidine groups is 1. The van der Waals surface area contributed by atoms with Crippen molar-refractivity contribution >= 4 is 17.0 Å². The highest BCUT2D eigenvalue weighted by atomic mass is 19.4. The average molecular weight is 487 g/mol. The molecule has 0 amide bonds. The first-order chi connectivity index (χ1) is 17.4. The van der Waals surface area contributed by atoms with Gasteiger partial charge in [-0.3, -0.25) is 9.99 Å². The van der Waals surface area contributed by atoms with Gasteiger partial charge in [-0.15, -0.1) is 0 Å². The predicted octanol–water partition coefficient (Wildman–Crippen LogP) is 5.51. The lowest BCUT2D eigenvalue weighted by molar-refractivity contribution is -0.141. The van der Waals surface area contributed by atoms with E-state index in [1.54, 1.807) is 24.3 Å². The Labute approximate surface area is 205 Å². The van der Waals surface area contributed by atoms with Crippen LogP contribution >= 0.6 is 0 Å². The molecule has 0 bridgehead atoms. The maximum Gasteiger partial charge on any atom is 0.433 e. The number of methoxy groups -OCH3 is 1. The summed E-state index contributed by atoms with van der Waals surface area (Å²) < 4.78 is 43.9. The van der Waals surface area contributed by atoms with Crippen LogP contribution in [-0.2, 0) is 12.7 Å². The van der Waals surface area contributed by atoms with Gasteiger partial charge < -0.3 is 9.64 Å². The van der Waals surface area contributed by atoms with Crippen molar-refractivity contribution in [3.05, 3.63) is 107 Å². The minimum absolute atomic E-state index is 0.307. The number of allylic oxidation sites excluding steroid dienone is 2. The number of ether oxygens (including phenoxy) is 1. The highest BCUT2D eigenvalue weighted by molar-refractivity contribution is 6.32. The summed E-state index contributed by atoms with van der Waals surface area (Å²) >= 11 is 0. The third-order valence-electron chi connectivity index (χ3n) is 5.92. The molecule has 1 aromatic heterocycles. The Balaban J connectivity index is 1.51. The first-order valence-electron chi connectivity index (χ1n) is 11.1. The zero-order chi connectivity index (χ0) is 25.3. The molecular weight excluding hydrogens is 467 g/mol. The lowest BCUT2D eigenvalue weighted by Gasteiger charge is -2.25. The summed E-state index contributed by atoms with van der Waals surface area (Å²) in [7, 11) is 1.61. The average Bonchev–Trinajstić information content (AvgIpc) is 3.30. The van der Waals surface area contributed by atoms with Crippen LogP contribution in [0.1, 0.15) is 27.9 Å². The Morgan fingerprint density at radius 1 is 1.00 bits per heavy atom. The van der Waals surface area contributed by atoms with Gasteiger partial charge in [-0.1, -0.05) is 30.3 Å². The van der Waals surface area contributed by atoms with E-state index in [4.69, 9.17) is 15.1 Å². The van der Waals surface area contributed by atoms with Gasteiger partial charge in [0.05, 0.1) is 25.3 Å². The first-order valence-corrected chi connectivity index (χ1v) is 11.1. The second-order valence-corrected chi connectivity index (χ2v) is 8.27. The highest BCUT2D eigenvalue weighted by Gasteiger charge is 2.33. The number of hydrogen-bond donors (Lipinski definition) is 0. The van der Waals surface area contributed by atoms with Crippen LogP contribution in [0.3, 0.4) is 0 Å². The Bertz CT molecular complexity index is 1400. The second kappa shape index (κ2) is 9.23. The summed E-state index contributed by atoms with van der Waals surface area (Å²) in [5, 5.41) is 15.8. The number of hydrogen-bond acceptors (Lipinski definition) is 6. The Morgan fingerprint density at radius 2 is 1.72 bits per heavy atom. The summed E-state index contributed by atoms with van der Waals surface area (Å²) in [6.07, 6.45) is 0.698. The fraction of sp³-hybridized carbons (Fsp3) is 0.148. The number of hydrazone groups is 1. The van der Waals surface area contributed by atoms with Crippen molar-refractivity contribution in [1.29, 1.82) is 5.26 Å². The van der Waals surface area contributed by atoms with E-state index in [0.29, 0.717) is 24.3 Å². The van der Waals surface area contributed by atoms with Gasteiger partial charge >= 0.3 is 6.18 Å². The Morgan fingerprint density at radius 3 is 2.33 bits per heavy atom. The second-order valence-electron chi connectivity index (χ2n) is 8.27. The van der Waals surface area contributed by atoms with Crippen LogP contribution in [0.2, 0.25) is 0 Å². The van der Waals surface area contributed by atoms with Crippen molar-refractivity contribution in [3.63, 3.8) is 0 Å². The minimum atomic E-state index is -4.47. The van der Waals surface area contributed by atoms with Gasteiger partial charge in [0, 0.05) is 18.0 Å². The molecule has 0 fully saturated rings. The minimum Gasteiger partial charge on any atom is -0.497 e. The van der Waals surface area contributed by atoms with Gasteiger partial charge in [-0.2, -0.15) is 23.5 Å². The van der Waals surface area contributed by atoms with E-state index in [1.807, 2.05) is 53.6 Å². The number of rotatable bonds is 5. The van der Waals surface area contributed by atoms with Gasteiger partial charge in [-0.25, -0.2) is 0 Å². The van der Waals surface area contributed by atoms with E-state index in [-0.39, 0.29) is 0 Å². The molecule has 6 nitrogen and oxygen atoms in total. The van der Waals surface area contributed by atoms with Crippen LogP contribution in [0.25, 0.3) is 11.1 Å². The largest absolute Gasteiger partial charge is 0.497 e. The number of alkyl halides is 3. The zero-order valence-electron chi connectivity index (χ0n) is 19.2. The molecule has 2 aliphatic heterocycles. The third kappa shape index (κ3) is 4.53. The summed E-state index contributed by atoms with van der Waals surface area (Å²) in [6, 6.07) is 19.6. The SMILES string of the molecule is COc1ccc(C2=C(c3ccc(C#N)cc3)C=CN3CN(Cc4ccc(C(F)(F)F)nc4)N=C23)cc1.